The fraction of sp³-hybridized carbons (Fsp3) is 0.0137. The van der Waals surface area contributed by atoms with Crippen LogP contribution in [0.3, 0.4) is 0 Å². The minimum Gasteiger partial charge on any atom is -0.455 e. The van der Waals surface area contributed by atoms with Gasteiger partial charge in [-0.05, 0) is 133 Å². The summed E-state index contributed by atoms with van der Waals surface area (Å²) in [5.41, 5.74) is 25.4. The zero-order chi connectivity index (χ0) is 49.9. The summed E-state index contributed by atoms with van der Waals surface area (Å²) in [4.78, 5) is 2.48. The van der Waals surface area contributed by atoms with Crippen LogP contribution in [0, 0.1) is 0 Å². The number of benzene rings is 12. The molecule has 2 heterocycles. The maximum atomic E-state index is 6.60. The average Bonchev–Trinajstić information content (AvgIpc) is 4.36. The van der Waals surface area contributed by atoms with E-state index < -0.39 is 5.41 Å². The first-order chi connectivity index (χ1) is 37.7. The Morgan fingerprint density at radius 1 is 0.316 bits per heavy atom. The summed E-state index contributed by atoms with van der Waals surface area (Å²) in [5, 5.41) is 4.72. The second-order valence-corrected chi connectivity index (χ2v) is 20.3. The molecule has 3 heteroatoms. The first-order valence-corrected chi connectivity index (χ1v) is 26.2. The summed E-state index contributed by atoms with van der Waals surface area (Å²) < 4.78 is 8.99. The van der Waals surface area contributed by atoms with Crippen LogP contribution in [0.5, 0.6) is 0 Å². The van der Waals surface area contributed by atoms with E-state index in [1.807, 2.05) is 0 Å². The van der Waals surface area contributed by atoms with Gasteiger partial charge in [-0.2, -0.15) is 0 Å². The number of fused-ring (bicyclic) bond motifs is 16. The molecular formula is C73H46N2O. The Balaban J connectivity index is 0.857. The number of nitrogens with zero attached hydrogens (tertiary/aromatic N) is 2. The van der Waals surface area contributed by atoms with Gasteiger partial charge in [0.2, 0.25) is 0 Å². The Labute approximate surface area is 440 Å². The molecule has 0 unspecified atom stereocenters. The van der Waals surface area contributed by atoms with Gasteiger partial charge in [0, 0.05) is 49.7 Å². The molecule has 0 aliphatic heterocycles. The maximum absolute atomic E-state index is 6.60. The molecule has 16 rings (SSSR count). The Morgan fingerprint density at radius 2 is 0.829 bits per heavy atom. The zero-order valence-corrected chi connectivity index (χ0v) is 41.4. The smallest absolute Gasteiger partial charge is 0.143 e. The number of anilines is 3. The molecule has 0 amide bonds. The van der Waals surface area contributed by atoms with Crippen LogP contribution in [0.4, 0.5) is 17.1 Å². The van der Waals surface area contributed by atoms with E-state index in [4.69, 9.17) is 4.42 Å². The van der Waals surface area contributed by atoms with Crippen molar-refractivity contribution in [2.45, 2.75) is 5.41 Å². The van der Waals surface area contributed by atoms with Crippen LogP contribution >= 0.6 is 0 Å². The van der Waals surface area contributed by atoms with Crippen molar-refractivity contribution < 1.29 is 4.42 Å². The number of furan rings is 1. The minimum atomic E-state index is -0.465. The van der Waals surface area contributed by atoms with E-state index in [2.05, 4.69) is 289 Å². The van der Waals surface area contributed by atoms with Gasteiger partial charge in [0.05, 0.1) is 22.1 Å². The fourth-order valence-corrected chi connectivity index (χ4v) is 13.2. The Morgan fingerprint density at radius 3 is 1.54 bits per heavy atom. The van der Waals surface area contributed by atoms with Crippen molar-refractivity contribution in [2.24, 2.45) is 0 Å². The normalized spacial score (nSPS) is 12.8. The molecule has 0 atom stereocenters. The molecule has 1 spiro atoms. The van der Waals surface area contributed by atoms with Crippen LogP contribution < -0.4 is 4.90 Å². The molecule has 2 aliphatic rings. The molecule has 2 aromatic heterocycles. The molecule has 0 saturated carbocycles. The van der Waals surface area contributed by atoms with Crippen LogP contribution in [-0.4, -0.2) is 4.57 Å². The van der Waals surface area contributed by atoms with Gasteiger partial charge in [-0.3, -0.25) is 0 Å². The highest BCUT2D eigenvalue weighted by atomic mass is 16.3. The molecule has 0 bridgehead atoms. The van der Waals surface area contributed by atoms with Crippen LogP contribution in [0.2, 0.25) is 0 Å². The minimum absolute atomic E-state index is 0.465. The number of para-hydroxylation sites is 3. The molecule has 76 heavy (non-hydrogen) atoms. The van der Waals surface area contributed by atoms with Gasteiger partial charge in [0.1, 0.15) is 11.2 Å². The van der Waals surface area contributed by atoms with Crippen molar-refractivity contribution in [3.8, 4) is 61.3 Å². The van der Waals surface area contributed by atoms with Gasteiger partial charge in [-0.15, -0.1) is 0 Å². The second-order valence-electron chi connectivity index (χ2n) is 20.3. The lowest BCUT2D eigenvalue weighted by molar-refractivity contribution is 0.670. The standard InChI is InChI=1S/C73H46N2O/c1-3-17-49(18-4-1)55-25-15-26-60-62-45-50(38-44-70(62)76-72(55)60)47-33-39-53(40-34-47)74(54-41-35-48(36-42-54)51-37-43-59-58-23-10-14-31-67(58)75(69(59)46-51)52-19-5-2-6-20-52)68-32-16-30-66-71(68)61-24-9-13-29-65(61)73(66)63-27-11-7-21-56(63)57-22-8-12-28-64(57)73/h1-46H. The van der Waals surface area contributed by atoms with Crippen LogP contribution in [-0.2, 0) is 5.41 Å². The summed E-state index contributed by atoms with van der Waals surface area (Å²) in [6, 6.07) is 102. The quantitative estimate of drug-likeness (QED) is 0.159. The van der Waals surface area contributed by atoms with Gasteiger partial charge in [-0.1, -0.05) is 212 Å². The van der Waals surface area contributed by atoms with E-state index >= 15 is 0 Å². The van der Waals surface area contributed by atoms with E-state index in [0.717, 1.165) is 72.5 Å². The maximum Gasteiger partial charge on any atom is 0.143 e. The molecule has 12 aromatic carbocycles. The molecule has 14 aromatic rings. The lowest BCUT2D eigenvalue weighted by atomic mass is 9.70. The highest BCUT2D eigenvalue weighted by molar-refractivity contribution is 6.12. The third-order valence-electron chi connectivity index (χ3n) is 16.4. The van der Waals surface area contributed by atoms with Crippen molar-refractivity contribution in [3.63, 3.8) is 0 Å². The number of rotatable bonds is 7. The van der Waals surface area contributed by atoms with Gasteiger partial charge in [0.25, 0.3) is 0 Å². The SMILES string of the molecule is c1ccc(-c2cccc3c2oc2ccc(-c4ccc(N(c5ccc(-c6ccc7c8ccccc8n(-c8ccccc8)c7c6)cc5)c5cccc6c5-c5ccccc5C65c6ccccc6-c6ccccc65)cc4)cc23)cc1. The highest BCUT2D eigenvalue weighted by Gasteiger charge is 2.52. The van der Waals surface area contributed by atoms with E-state index in [1.54, 1.807) is 0 Å². The van der Waals surface area contributed by atoms with Gasteiger partial charge in [0.15, 0.2) is 0 Å². The van der Waals surface area contributed by atoms with E-state index in [0.29, 0.717) is 0 Å². The first-order valence-electron chi connectivity index (χ1n) is 26.2. The monoisotopic (exact) mass is 966 g/mol. The highest BCUT2D eigenvalue weighted by Crippen LogP contribution is 2.64. The molecule has 3 nitrogen and oxygen atoms in total. The molecule has 0 radical (unpaired) electrons. The summed E-state index contributed by atoms with van der Waals surface area (Å²) in [5.74, 6) is 0. The molecule has 0 fully saturated rings. The predicted molar refractivity (Wildman–Crippen MR) is 315 cm³/mol. The fourth-order valence-electron chi connectivity index (χ4n) is 13.2. The third kappa shape index (κ3) is 6.11. The van der Waals surface area contributed by atoms with Crippen molar-refractivity contribution in [2.75, 3.05) is 4.90 Å². The van der Waals surface area contributed by atoms with Crippen LogP contribution in [0.1, 0.15) is 22.3 Å². The number of aromatic nitrogens is 1. The van der Waals surface area contributed by atoms with Gasteiger partial charge < -0.3 is 13.9 Å². The molecule has 2 aliphatic carbocycles. The lowest BCUT2D eigenvalue weighted by Crippen LogP contribution is -2.26. The van der Waals surface area contributed by atoms with Gasteiger partial charge >= 0.3 is 0 Å². The lowest BCUT2D eigenvalue weighted by Gasteiger charge is -2.32. The van der Waals surface area contributed by atoms with Crippen molar-refractivity contribution in [1.29, 1.82) is 0 Å². The number of hydrogen-bond donors (Lipinski definition) is 0. The first kappa shape index (κ1) is 42.5. The summed E-state index contributed by atoms with van der Waals surface area (Å²) in [7, 11) is 0. The Bertz CT molecular complexity index is 4580. The third-order valence-corrected chi connectivity index (χ3v) is 16.4. The molecule has 0 saturated heterocycles. The van der Waals surface area contributed by atoms with Crippen LogP contribution in [0.25, 0.3) is 105 Å². The number of hydrogen-bond acceptors (Lipinski definition) is 2. The largest absolute Gasteiger partial charge is 0.455 e. The summed E-state index contributed by atoms with van der Waals surface area (Å²) in [6.45, 7) is 0. The zero-order valence-electron chi connectivity index (χ0n) is 41.4. The Hall–Kier alpha value is -9.96. The summed E-state index contributed by atoms with van der Waals surface area (Å²) in [6.07, 6.45) is 0. The topological polar surface area (TPSA) is 21.3 Å². The van der Waals surface area contributed by atoms with Crippen molar-refractivity contribution in [3.05, 3.63) is 301 Å². The second kappa shape index (κ2) is 16.5. The van der Waals surface area contributed by atoms with E-state index in [9.17, 15) is 0 Å². The van der Waals surface area contributed by atoms with Crippen LogP contribution in [0.15, 0.2) is 283 Å². The molecule has 0 N–H and O–H groups in total. The average molecular weight is 967 g/mol. The Kier molecular flexibility index (Phi) is 9.25. The molecule has 354 valence electrons. The van der Waals surface area contributed by atoms with Gasteiger partial charge in [-0.25, -0.2) is 0 Å². The van der Waals surface area contributed by atoms with Crippen molar-refractivity contribution >= 4 is 60.8 Å². The van der Waals surface area contributed by atoms with Crippen molar-refractivity contribution in [1.82, 2.24) is 4.57 Å². The van der Waals surface area contributed by atoms with E-state index in [-0.39, 0.29) is 0 Å². The summed E-state index contributed by atoms with van der Waals surface area (Å²) >= 11 is 0. The predicted octanol–water partition coefficient (Wildman–Crippen LogP) is 19.5. The van der Waals surface area contributed by atoms with E-state index in [1.165, 1.54) is 71.9 Å². The molecular weight excluding hydrogens is 921 g/mol.